The van der Waals surface area contributed by atoms with E-state index < -0.39 is 0 Å². The van der Waals surface area contributed by atoms with E-state index in [-0.39, 0.29) is 5.97 Å². The summed E-state index contributed by atoms with van der Waals surface area (Å²) < 4.78 is 4.65. The molecule has 1 heterocycles. The second-order valence-electron chi connectivity index (χ2n) is 4.52. The minimum Gasteiger partial charge on any atom is -0.466 e. The van der Waals surface area contributed by atoms with E-state index in [1.54, 1.807) is 6.92 Å². The molecular weight excluding hydrogens is 190 g/mol. The van der Waals surface area contributed by atoms with Crippen LogP contribution in [0.1, 0.15) is 27.2 Å². The van der Waals surface area contributed by atoms with Gasteiger partial charge in [0.15, 0.2) is 0 Å². The Morgan fingerprint density at radius 1 is 1.53 bits per heavy atom. The molecule has 2 unspecified atom stereocenters. The largest absolute Gasteiger partial charge is 0.466 e. The Bertz CT molecular complexity index is 260. The predicted molar refractivity (Wildman–Crippen MR) is 60.6 cm³/mol. The summed E-state index contributed by atoms with van der Waals surface area (Å²) in [6.45, 7) is 8.30. The van der Waals surface area contributed by atoms with Gasteiger partial charge in [0.25, 0.3) is 0 Å². The van der Waals surface area contributed by atoms with Crippen molar-refractivity contribution in [3.05, 3.63) is 11.6 Å². The minimum atomic E-state index is -0.227. The standard InChI is InChI=1S/C12H21NO2/c1-9-7-11(3)13(8-9)6-5-10(2)12(14)15-4/h5,9,11H,6-8H2,1-4H3. The normalized spacial score (nSPS) is 28.1. The van der Waals surface area contributed by atoms with Gasteiger partial charge in [-0.2, -0.15) is 0 Å². The van der Waals surface area contributed by atoms with E-state index in [1.807, 2.05) is 6.08 Å². The lowest BCUT2D eigenvalue weighted by atomic mass is 10.1. The maximum absolute atomic E-state index is 11.2. The van der Waals surface area contributed by atoms with Gasteiger partial charge in [0.1, 0.15) is 0 Å². The zero-order chi connectivity index (χ0) is 11.4. The van der Waals surface area contributed by atoms with Gasteiger partial charge in [-0.1, -0.05) is 13.0 Å². The lowest BCUT2D eigenvalue weighted by Gasteiger charge is -2.18. The minimum absolute atomic E-state index is 0.227. The summed E-state index contributed by atoms with van der Waals surface area (Å²) in [5, 5.41) is 0. The van der Waals surface area contributed by atoms with Crippen LogP contribution in [0.5, 0.6) is 0 Å². The lowest BCUT2D eigenvalue weighted by Crippen LogP contribution is -2.27. The molecule has 1 saturated heterocycles. The zero-order valence-electron chi connectivity index (χ0n) is 10.1. The summed E-state index contributed by atoms with van der Waals surface area (Å²) in [7, 11) is 1.42. The maximum Gasteiger partial charge on any atom is 0.333 e. The maximum atomic E-state index is 11.2. The number of methoxy groups -OCH3 is 1. The number of rotatable bonds is 3. The first-order valence-corrected chi connectivity index (χ1v) is 5.53. The Labute approximate surface area is 92.1 Å². The number of ether oxygens (including phenoxy) is 1. The molecule has 3 heteroatoms. The second kappa shape index (κ2) is 5.31. The zero-order valence-corrected chi connectivity index (χ0v) is 10.1. The first kappa shape index (κ1) is 12.2. The van der Waals surface area contributed by atoms with Gasteiger partial charge in [0.2, 0.25) is 0 Å². The third-order valence-electron chi connectivity index (χ3n) is 3.05. The molecule has 3 nitrogen and oxygen atoms in total. The Balaban J connectivity index is 2.46. The molecule has 1 fully saturated rings. The van der Waals surface area contributed by atoms with Crippen LogP contribution < -0.4 is 0 Å². The molecule has 0 aromatic heterocycles. The van der Waals surface area contributed by atoms with Crippen LogP contribution >= 0.6 is 0 Å². The van der Waals surface area contributed by atoms with Crippen LogP contribution in [0.3, 0.4) is 0 Å². The molecule has 0 aromatic rings. The van der Waals surface area contributed by atoms with Crippen LogP contribution in [0.4, 0.5) is 0 Å². The van der Waals surface area contributed by atoms with Crippen molar-refractivity contribution < 1.29 is 9.53 Å². The van der Waals surface area contributed by atoms with E-state index in [9.17, 15) is 4.79 Å². The van der Waals surface area contributed by atoms with Gasteiger partial charge in [-0.05, 0) is 26.2 Å². The summed E-state index contributed by atoms with van der Waals surface area (Å²) >= 11 is 0. The molecule has 15 heavy (non-hydrogen) atoms. The molecule has 0 N–H and O–H groups in total. The van der Waals surface area contributed by atoms with E-state index in [0.29, 0.717) is 11.6 Å². The quantitative estimate of drug-likeness (QED) is 0.527. The molecule has 0 amide bonds. The highest BCUT2D eigenvalue weighted by molar-refractivity contribution is 5.87. The highest BCUT2D eigenvalue weighted by Gasteiger charge is 2.24. The number of carbonyl (C=O) groups is 1. The van der Waals surface area contributed by atoms with E-state index in [0.717, 1.165) is 19.0 Å². The Morgan fingerprint density at radius 2 is 2.20 bits per heavy atom. The van der Waals surface area contributed by atoms with Gasteiger partial charge >= 0.3 is 5.97 Å². The van der Waals surface area contributed by atoms with Gasteiger partial charge in [-0.15, -0.1) is 0 Å². The number of carbonyl (C=O) groups excluding carboxylic acids is 1. The molecule has 0 spiro atoms. The van der Waals surface area contributed by atoms with E-state index in [2.05, 4.69) is 23.5 Å². The number of nitrogens with zero attached hydrogens (tertiary/aromatic N) is 1. The number of hydrogen-bond donors (Lipinski definition) is 0. The van der Waals surface area contributed by atoms with Gasteiger partial charge in [0, 0.05) is 24.7 Å². The fourth-order valence-electron chi connectivity index (χ4n) is 2.14. The Morgan fingerprint density at radius 3 is 2.67 bits per heavy atom. The highest BCUT2D eigenvalue weighted by atomic mass is 16.5. The molecule has 1 aliphatic heterocycles. The predicted octanol–water partition coefficient (Wildman–Crippen LogP) is 1.84. The molecular formula is C12H21NO2. The van der Waals surface area contributed by atoms with Gasteiger partial charge in [-0.25, -0.2) is 4.79 Å². The van der Waals surface area contributed by atoms with E-state index >= 15 is 0 Å². The Kier molecular flexibility index (Phi) is 4.33. The molecule has 0 aromatic carbocycles. The number of hydrogen-bond acceptors (Lipinski definition) is 3. The average molecular weight is 211 g/mol. The van der Waals surface area contributed by atoms with E-state index in [4.69, 9.17) is 0 Å². The molecule has 0 radical (unpaired) electrons. The van der Waals surface area contributed by atoms with Crippen molar-refractivity contribution >= 4 is 5.97 Å². The van der Waals surface area contributed by atoms with Crippen molar-refractivity contribution in [3.8, 4) is 0 Å². The topological polar surface area (TPSA) is 29.5 Å². The summed E-state index contributed by atoms with van der Waals surface area (Å²) in [4.78, 5) is 13.6. The van der Waals surface area contributed by atoms with Crippen molar-refractivity contribution in [2.45, 2.75) is 33.2 Å². The molecule has 86 valence electrons. The van der Waals surface area contributed by atoms with Gasteiger partial charge in [0.05, 0.1) is 7.11 Å². The van der Waals surface area contributed by atoms with Crippen molar-refractivity contribution in [2.24, 2.45) is 5.92 Å². The monoisotopic (exact) mass is 211 g/mol. The van der Waals surface area contributed by atoms with Crippen LogP contribution in [-0.4, -0.2) is 37.1 Å². The first-order chi connectivity index (χ1) is 7.04. The summed E-state index contributed by atoms with van der Waals surface area (Å²) in [6, 6.07) is 0.627. The lowest BCUT2D eigenvalue weighted by molar-refractivity contribution is -0.136. The first-order valence-electron chi connectivity index (χ1n) is 5.53. The molecule has 0 aliphatic carbocycles. The molecule has 1 aliphatic rings. The summed E-state index contributed by atoms with van der Waals surface area (Å²) in [5.41, 5.74) is 0.698. The smallest absolute Gasteiger partial charge is 0.333 e. The Hall–Kier alpha value is -0.830. The summed E-state index contributed by atoms with van der Waals surface area (Å²) in [5.74, 6) is 0.543. The molecule has 0 saturated carbocycles. The SMILES string of the molecule is COC(=O)C(C)=CCN1CC(C)CC1C. The van der Waals surface area contributed by atoms with Crippen molar-refractivity contribution in [1.82, 2.24) is 4.90 Å². The van der Waals surface area contributed by atoms with Crippen LogP contribution in [0.15, 0.2) is 11.6 Å². The van der Waals surface area contributed by atoms with Crippen molar-refractivity contribution in [2.75, 3.05) is 20.2 Å². The second-order valence-corrected chi connectivity index (χ2v) is 4.52. The van der Waals surface area contributed by atoms with Gasteiger partial charge < -0.3 is 4.74 Å². The van der Waals surface area contributed by atoms with Crippen LogP contribution in [0, 0.1) is 5.92 Å². The number of esters is 1. The molecule has 1 rings (SSSR count). The fraction of sp³-hybridized carbons (Fsp3) is 0.750. The summed E-state index contributed by atoms with van der Waals surface area (Å²) in [6.07, 6.45) is 3.21. The van der Waals surface area contributed by atoms with Crippen LogP contribution in [0.25, 0.3) is 0 Å². The van der Waals surface area contributed by atoms with Crippen LogP contribution in [0.2, 0.25) is 0 Å². The fourth-order valence-corrected chi connectivity index (χ4v) is 2.14. The van der Waals surface area contributed by atoms with E-state index in [1.165, 1.54) is 13.5 Å². The third-order valence-corrected chi connectivity index (χ3v) is 3.05. The third kappa shape index (κ3) is 3.34. The molecule has 2 atom stereocenters. The molecule has 0 bridgehead atoms. The number of likely N-dealkylation sites (tertiary alicyclic amines) is 1. The average Bonchev–Trinajstić information content (AvgIpc) is 2.52. The highest BCUT2D eigenvalue weighted by Crippen LogP contribution is 2.21. The van der Waals surface area contributed by atoms with Crippen molar-refractivity contribution in [3.63, 3.8) is 0 Å². The van der Waals surface area contributed by atoms with Crippen LogP contribution in [-0.2, 0) is 9.53 Å². The van der Waals surface area contributed by atoms with Crippen molar-refractivity contribution in [1.29, 1.82) is 0 Å². The van der Waals surface area contributed by atoms with Gasteiger partial charge in [-0.3, -0.25) is 4.90 Å².